The van der Waals surface area contributed by atoms with Crippen molar-refractivity contribution in [1.82, 2.24) is 0 Å². The summed E-state index contributed by atoms with van der Waals surface area (Å²) in [5, 5.41) is 18.8. The van der Waals surface area contributed by atoms with E-state index < -0.39 is 0 Å². The molecule has 0 saturated heterocycles. The standard InChI is InChI=1S/2C18H14.2C16H10.C15H14.C14H10.C12H10.C10H8.2C5H12.3C4H10.3C2H6/c2*1-3-8-15(9-4-1)17-12-7-13-18(14-17)16-10-5-2-6-11-16;1-3-11-7-9-13-5-2-6-14-10-8-12(4-1)15(11)16(13)14;1-2-8-13-12(7-1)14-9-3-5-11-6-4-10-15(13)16(11)14;1-15(2)13-9-5-3-7-11(13)12-8-4-6-10-14(12)15;1-3-7-13-11(5-1)9-10-12-6-2-4-8-14(12)13;1-3-7-11(8-4-1)12-9-5-2-6-10-12;1-2-6-10-8-4-3-7-9(10)5-1;2*1-3-5-4-2;3*1-3-4-2;3*1-2/h2*1-14H;2*1-10H;3-10H,1-2H3;1-10H;1-10H;1-8H;2*3-5H2,1-2H3;3*3-4H2,1-2H3;3*1-2H3. The summed E-state index contributed by atoms with van der Waals surface area (Å²) in [6.07, 6.45) is 16.1. The summed E-state index contributed by atoms with van der Waals surface area (Å²) in [4.78, 5) is 0. The lowest BCUT2D eigenvalue weighted by molar-refractivity contribution is 0.660. The Hall–Kier alpha value is -15.1. The lowest BCUT2D eigenvalue weighted by atomic mass is 9.82. The SMILES string of the molecule is CC.CC.CC.CC1(C)c2ccccc2-c2ccccc21.CCCC.CCCC.CCCC.CCCCC.CCCCC.c1cc2ccc3cccc4ccc(c1)c2c34.c1ccc(-c2cccc(-c3ccccc3)c2)cc1.c1ccc(-c2cccc(-c3ccccc3)c2)cc1.c1ccc(-c2ccccc2)cc1.c1ccc2c(c1)-c1cccc3cccc-2c13.c1ccc2c(c1)ccc1ccccc12.c1ccc2ccccc2c1. The van der Waals surface area contributed by atoms with Gasteiger partial charge in [-0.25, -0.2) is 0 Å². The van der Waals surface area contributed by atoms with E-state index >= 15 is 0 Å². The molecule has 147 heavy (non-hydrogen) atoms. The molecule has 0 spiro atoms. The molecule has 0 saturated carbocycles. The molecule has 0 aromatic heterocycles. The quantitative estimate of drug-likeness (QED) is 0.107. The molecule has 0 unspecified atom stereocenters. The van der Waals surface area contributed by atoms with Gasteiger partial charge in [-0.2, -0.15) is 0 Å². The Morgan fingerprint density at radius 2 is 0.313 bits per heavy atom. The van der Waals surface area contributed by atoms with Gasteiger partial charge in [-0.05, 0) is 188 Å². The van der Waals surface area contributed by atoms with Crippen molar-refractivity contribution in [3.63, 3.8) is 0 Å². The molecule has 24 rings (SSSR count). The largest absolute Gasteiger partial charge is 0.0683 e. The second kappa shape index (κ2) is 66.0. The molecular formula is C147H162. The first kappa shape index (κ1) is 115. The first-order valence-corrected chi connectivity index (χ1v) is 54.7. The number of fused-ring (bicyclic) bond motifs is 10. The van der Waals surface area contributed by atoms with E-state index in [0.29, 0.717) is 0 Å². The van der Waals surface area contributed by atoms with Crippen molar-refractivity contribution < 1.29 is 0 Å². The topological polar surface area (TPSA) is 0 Å². The summed E-state index contributed by atoms with van der Waals surface area (Å²) in [6, 6.07) is 179. The predicted molar refractivity (Wildman–Crippen MR) is 661 cm³/mol. The fraction of sp³-hybridized carbons (Fsp3) is 0.211. The lowest BCUT2D eigenvalue weighted by Crippen LogP contribution is -2.14. The van der Waals surface area contributed by atoms with Crippen LogP contribution >= 0.6 is 0 Å². The van der Waals surface area contributed by atoms with Crippen LogP contribution in [-0.4, -0.2) is 0 Å². The van der Waals surface area contributed by atoms with Gasteiger partial charge in [0.25, 0.3) is 0 Å². The zero-order valence-electron chi connectivity index (χ0n) is 91.5. The average molecular weight is 1930 g/mol. The third-order valence-electron chi connectivity index (χ3n) is 25.6. The molecule has 0 atom stereocenters. The van der Waals surface area contributed by atoms with Crippen LogP contribution in [0, 0.1) is 0 Å². The van der Waals surface area contributed by atoms with Gasteiger partial charge in [-0.1, -0.05) is 699 Å². The zero-order chi connectivity index (χ0) is 105. The monoisotopic (exact) mass is 1930 g/mol. The first-order valence-electron chi connectivity index (χ1n) is 54.7. The van der Waals surface area contributed by atoms with Gasteiger partial charge in [0.05, 0.1) is 0 Å². The van der Waals surface area contributed by atoms with Gasteiger partial charge in [-0.3, -0.25) is 0 Å². The van der Waals surface area contributed by atoms with Gasteiger partial charge < -0.3 is 0 Å². The van der Waals surface area contributed by atoms with Gasteiger partial charge >= 0.3 is 0 Å². The van der Waals surface area contributed by atoms with Gasteiger partial charge in [0, 0.05) is 5.41 Å². The minimum Gasteiger partial charge on any atom is -0.0683 e. The summed E-state index contributed by atoms with van der Waals surface area (Å²) < 4.78 is 0. The Morgan fingerprint density at radius 1 is 0.136 bits per heavy atom. The van der Waals surface area contributed by atoms with Crippen LogP contribution in [0.2, 0.25) is 0 Å². The van der Waals surface area contributed by atoms with Crippen LogP contribution in [-0.2, 0) is 5.41 Å². The Bertz CT molecular complexity index is 6690. The second-order valence-electron chi connectivity index (χ2n) is 36.2. The van der Waals surface area contributed by atoms with E-state index in [9.17, 15) is 0 Å². The van der Waals surface area contributed by atoms with E-state index in [1.54, 1.807) is 0 Å². The molecule has 0 nitrogen and oxygen atoms in total. The van der Waals surface area contributed by atoms with E-state index in [1.165, 1.54) is 253 Å². The molecule has 0 N–H and O–H groups in total. The number of rotatable bonds is 12. The molecule has 0 heterocycles. The summed E-state index contributed by atoms with van der Waals surface area (Å²) in [5.74, 6) is 0. The second-order valence-corrected chi connectivity index (χ2v) is 36.2. The summed E-state index contributed by atoms with van der Waals surface area (Å²) >= 11 is 0. The van der Waals surface area contributed by atoms with Crippen LogP contribution < -0.4 is 0 Å². The minimum absolute atomic E-state index is 0.160. The summed E-state index contributed by atoms with van der Waals surface area (Å²) in [6.45, 7) is 38.5. The molecule has 22 aromatic carbocycles. The average Bonchev–Trinajstić information content (AvgIpc) is 1.56. The maximum absolute atomic E-state index is 2.30. The van der Waals surface area contributed by atoms with Gasteiger partial charge in [0.2, 0.25) is 0 Å². The Kier molecular flexibility index (Phi) is 51.9. The molecule has 0 aliphatic heterocycles. The highest BCUT2D eigenvalue weighted by Crippen LogP contribution is 2.49. The fourth-order valence-corrected chi connectivity index (χ4v) is 17.4. The zero-order valence-corrected chi connectivity index (χ0v) is 91.5. The Balaban J connectivity index is 0.000000181. The van der Waals surface area contributed by atoms with Crippen molar-refractivity contribution in [3.8, 4) is 89.0 Å². The van der Waals surface area contributed by atoms with Crippen LogP contribution in [0.1, 0.15) is 213 Å². The van der Waals surface area contributed by atoms with Gasteiger partial charge in [0.15, 0.2) is 0 Å². The molecule has 2 aliphatic carbocycles. The summed E-state index contributed by atoms with van der Waals surface area (Å²) in [5.41, 5.74) is 24.0. The van der Waals surface area contributed by atoms with Crippen LogP contribution in [0.4, 0.5) is 0 Å². The highest BCUT2D eigenvalue weighted by atomic mass is 14.4. The minimum atomic E-state index is 0.160. The predicted octanol–water partition coefficient (Wildman–Crippen LogP) is 46.2. The molecule has 2 aliphatic rings. The number of unbranched alkanes of at least 4 members (excludes halogenated alkanes) is 7. The van der Waals surface area contributed by atoms with Crippen molar-refractivity contribution in [2.75, 3.05) is 0 Å². The van der Waals surface area contributed by atoms with Crippen molar-refractivity contribution in [2.24, 2.45) is 0 Å². The van der Waals surface area contributed by atoms with Crippen molar-refractivity contribution >= 4 is 75.4 Å². The Morgan fingerprint density at radius 3 is 0.565 bits per heavy atom. The maximum Gasteiger partial charge on any atom is 0.0158 e. The molecule has 22 aromatic rings. The molecule has 750 valence electrons. The molecule has 0 fully saturated rings. The smallest absolute Gasteiger partial charge is 0.0158 e. The van der Waals surface area contributed by atoms with E-state index in [2.05, 4.69) is 556 Å². The van der Waals surface area contributed by atoms with Crippen LogP contribution in [0.15, 0.2) is 510 Å². The normalized spacial score (nSPS) is 10.5. The molecule has 0 heteroatoms. The molecule has 0 bridgehead atoms. The van der Waals surface area contributed by atoms with Crippen molar-refractivity contribution in [2.45, 2.75) is 207 Å². The number of hydrogen-bond donors (Lipinski definition) is 0. The Labute approximate surface area is 885 Å². The van der Waals surface area contributed by atoms with Crippen LogP contribution in [0.25, 0.3) is 164 Å². The van der Waals surface area contributed by atoms with E-state index in [1.807, 2.05) is 77.9 Å². The fourth-order valence-electron chi connectivity index (χ4n) is 17.4. The number of benzene rings is 22. The molecule has 0 amide bonds. The van der Waals surface area contributed by atoms with Crippen LogP contribution in [0.3, 0.4) is 0 Å². The third kappa shape index (κ3) is 34.3. The third-order valence-corrected chi connectivity index (χ3v) is 25.6. The number of hydrogen-bond acceptors (Lipinski definition) is 0. The van der Waals surface area contributed by atoms with Crippen molar-refractivity contribution in [1.29, 1.82) is 0 Å². The molecular weight excluding hydrogens is 1770 g/mol. The van der Waals surface area contributed by atoms with E-state index in [4.69, 9.17) is 0 Å². The lowest BCUT2D eigenvalue weighted by Gasteiger charge is -2.20. The highest BCUT2D eigenvalue weighted by molar-refractivity contribution is 6.23. The van der Waals surface area contributed by atoms with Crippen LogP contribution in [0.5, 0.6) is 0 Å². The highest BCUT2D eigenvalue weighted by Gasteiger charge is 2.34. The summed E-state index contributed by atoms with van der Waals surface area (Å²) in [7, 11) is 0. The molecule has 0 radical (unpaired) electrons. The van der Waals surface area contributed by atoms with Gasteiger partial charge in [0.1, 0.15) is 0 Å². The van der Waals surface area contributed by atoms with E-state index in [-0.39, 0.29) is 5.41 Å². The van der Waals surface area contributed by atoms with Gasteiger partial charge in [-0.15, -0.1) is 0 Å². The maximum atomic E-state index is 2.30. The first-order chi connectivity index (χ1) is 72.4. The van der Waals surface area contributed by atoms with Crippen molar-refractivity contribution in [3.05, 3.63) is 521 Å². The van der Waals surface area contributed by atoms with E-state index in [0.717, 1.165) is 0 Å².